The Hall–Kier alpha value is -4.02. The highest BCUT2D eigenvalue weighted by Gasteiger charge is 2.51. The second kappa shape index (κ2) is 8.38. The largest absolute Gasteiger partial charge is 0.497 e. The molecule has 4 amide bonds. The first kappa shape index (κ1) is 21.7. The average Bonchev–Trinajstić information content (AvgIpc) is 3.00. The number of imide groups is 1. The standard InChI is InChI=1S/C20H19FN4O6/c1-3-20(12-4-7-14(31-2)8-5-12)18(27)24(19(28)23-20)11-17(26)22-16-10-13(25(29)30)6-9-15(16)21/h4-10H,3,11H2,1-2H3,(H,22,26)(H,23,28). The topological polar surface area (TPSA) is 131 Å². The summed E-state index contributed by atoms with van der Waals surface area (Å²) in [5.41, 5.74) is -1.69. The fourth-order valence-electron chi connectivity index (χ4n) is 3.34. The summed E-state index contributed by atoms with van der Waals surface area (Å²) in [6.45, 7) is 1.02. The van der Waals surface area contributed by atoms with Gasteiger partial charge in [-0.3, -0.25) is 24.6 Å². The first-order valence-electron chi connectivity index (χ1n) is 9.24. The Morgan fingerprint density at radius 1 is 1.26 bits per heavy atom. The molecule has 2 N–H and O–H groups in total. The van der Waals surface area contributed by atoms with Crippen molar-refractivity contribution in [1.29, 1.82) is 0 Å². The minimum Gasteiger partial charge on any atom is -0.497 e. The second-order valence-corrected chi connectivity index (χ2v) is 6.78. The molecule has 2 aromatic rings. The number of anilines is 1. The van der Waals surface area contributed by atoms with Crippen molar-refractivity contribution < 1.29 is 28.4 Å². The summed E-state index contributed by atoms with van der Waals surface area (Å²) in [4.78, 5) is 48.8. The number of rotatable bonds is 7. The summed E-state index contributed by atoms with van der Waals surface area (Å²) >= 11 is 0. The maximum atomic E-state index is 13.9. The predicted octanol–water partition coefficient (Wildman–Crippen LogP) is 2.54. The SMILES string of the molecule is CCC1(c2ccc(OC)cc2)NC(=O)N(CC(=O)Nc2cc([N+](=O)[O-])ccc2F)C1=O. The summed E-state index contributed by atoms with van der Waals surface area (Å²) in [5.74, 6) is -1.84. The van der Waals surface area contributed by atoms with Crippen LogP contribution in [-0.2, 0) is 15.1 Å². The molecule has 0 aromatic heterocycles. The Bertz CT molecular complexity index is 1060. The van der Waals surface area contributed by atoms with Crippen molar-refractivity contribution in [2.24, 2.45) is 0 Å². The molecule has 31 heavy (non-hydrogen) atoms. The second-order valence-electron chi connectivity index (χ2n) is 6.78. The molecule has 1 atom stereocenters. The van der Waals surface area contributed by atoms with Crippen LogP contribution in [0.25, 0.3) is 0 Å². The van der Waals surface area contributed by atoms with Crippen molar-refractivity contribution >= 4 is 29.2 Å². The summed E-state index contributed by atoms with van der Waals surface area (Å²) in [5, 5.41) is 15.6. The summed E-state index contributed by atoms with van der Waals surface area (Å²) in [6.07, 6.45) is 0.224. The van der Waals surface area contributed by atoms with E-state index in [1.807, 2.05) is 0 Å². The van der Waals surface area contributed by atoms with E-state index in [0.29, 0.717) is 11.3 Å². The van der Waals surface area contributed by atoms with Gasteiger partial charge < -0.3 is 15.4 Å². The van der Waals surface area contributed by atoms with Crippen LogP contribution in [0.4, 0.5) is 20.6 Å². The van der Waals surface area contributed by atoms with Crippen molar-refractivity contribution in [2.75, 3.05) is 19.0 Å². The molecule has 0 radical (unpaired) electrons. The number of hydrogen-bond donors (Lipinski definition) is 2. The van der Waals surface area contributed by atoms with Crippen LogP contribution in [-0.4, -0.2) is 41.3 Å². The number of hydrogen-bond acceptors (Lipinski definition) is 6. The fourth-order valence-corrected chi connectivity index (χ4v) is 3.34. The predicted molar refractivity (Wildman–Crippen MR) is 107 cm³/mol. The summed E-state index contributed by atoms with van der Waals surface area (Å²) < 4.78 is 19.0. The van der Waals surface area contributed by atoms with Crippen LogP contribution in [0.2, 0.25) is 0 Å². The lowest BCUT2D eigenvalue weighted by Crippen LogP contribution is -2.44. The van der Waals surface area contributed by atoms with Crippen molar-refractivity contribution in [1.82, 2.24) is 10.2 Å². The number of methoxy groups -OCH3 is 1. The molecule has 0 spiro atoms. The van der Waals surface area contributed by atoms with E-state index >= 15 is 0 Å². The highest BCUT2D eigenvalue weighted by atomic mass is 19.1. The number of nitrogens with one attached hydrogen (secondary N) is 2. The maximum absolute atomic E-state index is 13.9. The molecule has 1 fully saturated rings. The highest BCUT2D eigenvalue weighted by molar-refractivity contribution is 6.10. The molecule has 11 heteroatoms. The molecule has 10 nitrogen and oxygen atoms in total. The van der Waals surface area contributed by atoms with E-state index in [9.17, 15) is 28.9 Å². The molecule has 3 rings (SSSR count). The van der Waals surface area contributed by atoms with Gasteiger partial charge in [0.05, 0.1) is 17.7 Å². The van der Waals surface area contributed by atoms with E-state index in [1.165, 1.54) is 7.11 Å². The number of ether oxygens (including phenoxy) is 1. The quantitative estimate of drug-likeness (QED) is 0.394. The summed E-state index contributed by atoms with van der Waals surface area (Å²) in [7, 11) is 1.50. The molecule has 1 unspecified atom stereocenters. The van der Waals surface area contributed by atoms with Crippen molar-refractivity contribution in [3.8, 4) is 5.75 Å². The van der Waals surface area contributed by atoms with Crippen LogP contribution < -0.4 is 15.4 Å². The number of nitrogens with zero attached hydrogens (tertiary/aromatic N) is 2. The third-order valence-electron chi connectivity index (χ3n) is 5.03. The van der Waals surface area contributed by atoms with Gasteiger partial charge in [0.2, 0.25) is 5.91 Å². The molecule has 1 aliphatic heterocycles. The Morgan fingerprint density at radius 2 is 1.94 bits per heavy atom. The zero-order valence-electron chi connectivity index (χ0n) is 16.7. The smallest absolute Gasteiger partial charge is 0.325 e. The number of non-ortho nitro benzene ring substituents is 1. The Labute approximate surface area is 176 Å². The number of carbonyl (C=O) groups excluding carboxylic acids is 3. The van der Waals surface area contributed by atoms with Crippen molar-refractivity contribution in [2.45, 2.75) is 18.9 Å². The number of nitro groups is 1. The maximum Gasteiger partial charge on any atom is 0.325 e. The van der Waals surface area contributed by atoms with E-state index < -0.39 is 52.0 Å². The van der Waals surface area contributed by atoms with Gasteiger partial charge >= 0.3 is 6.03 Å². The number of halogens is 1. The zero-order valence-corrected chi connectivity index (χ0v) is 16.7. The van der Waals surface area contributed by atoms with Crippen LogP contribution in [0.15, 0.2) is 42.5 Å². The normalized spacial score (nSPS) is 18.0. The van der Waals surface area contributed by atoms with E-state index in [1.54, 1.807) is 31.2 Å². The molecular formula is C20H19FN4O6. The molecular weight excluding hydrogens is 411 g/mol. The van der Waals surface area contributed by atoms with Gasteiger partial charge in [-0.2, -0.15) is 0 Å². The molecule has 1 saturated heterocycles. The van der Waals surface area contributed by atoms with Gasteiger partial charge in [0.25, 0.3) is 11.6 Å². The Morgan fingerprint density at radius 3 is 2.52 bits per heavy atom. The zero-order chi connectivity index (χ0) is 22.8. The minimum absolute atomic E-state index is 0.224. The van der Waals surface area contributed by atoms with Crippen LogP contribution >= 0.6 is 0 Å². The van der Waals surface area contributed by atoms with Crippen molar-refractivity contribution in [3.05, 3.63) is 64.0 Å². The Kier molecular flexibility index (Phi) is 5.86. The first-order valence-corrected chi connectivity index (χ1v) is 9.24. The first-order chi connectivity index (χ1) is 14.7. The van der Waals surface area contributed by atoms with E-state index in [2.05, 4.69) is 10.6 Å². The number of urea groups is 1. The lowest BCUT2D eigenvalue weighted by molar-refractivity contribution is -0.384. The van der Waals surface area contributed by atoms with Gasteiger partial charge in [-0.15, -0.1) is 0 Å². The van der Waals surface area contributed by atoms with E-state index in [4.69, 9.17) is 4.74 Å². The summed E-state index contributed by atoms with van der Waals surface area (Å²) in [6, 6.07) is 8.44. The van der Waals surface area contributed by atoms with Gasteiger partial charge in [-0.25, -0.2) is 9.18 Å². The monoisotopic (exact) mass is 430 g/mol. The number of benzene rings is 2. The third-order valence-corrected chi connectivity index (χ3v) is 5.03. The molecule has 0 aliphatic carbocycles. The van der Waals surface area contributed by atoms with Crippen LogP contribution in [0.5, 0.6) is 5.75 Å². The number of amides is 4. The van der Waals surface area contributed by atoms with Crippen LogP contribution in [0, 0.1) is 15.9 Å². The third kappa shape index (κ3) is 4.02. The average molecular weight is 430 g/mol. The van der Waals surface area contributed by atoms with Crippen LogP contribution in [0.1, 0.15) is 18.9 Å². The highest BCUT2D eigenvalue weighted by Crippen LogP contribution is 2.33. The van der Waals surface area contributed by atoms with Gasteiger partial charge in [0.15, 0.2) is 0 Å². The van der Waals surface area contributed by atoms with Gasteiger partial charge in [0.1, 0.15) is 23.7 Å². The lowest BCUT2D eigenvalue weighted by Gasteiger charge is -2.26. The van der Waals surface area contributed by atoms with Crippen molar-refractivity contribution in [3.63, 3.8) is 0 Å². The molecule has 1 aliphatic rings. The van der Waals surface area contributed by atoms with Gasteiger partial charge in [0, 0.05) is 12.1 Å². The fraction of sp³-hybridized carbons (Fsp3) is 0.250. The van der Waals surface area contributed by atoms with E-state index in [-0.39, 0.29) is 6.42 Å². The van der Waals surface area contributed by atoms with E-state index in [0.717, 1.165) is 23.1 Å². The van der Waals surface area contributed by atoms with Gasteiger partial charge in [-0.1, -0.05) is 19.1 Å². The van der Waals surface area contributed by atoms with Crippen LogP contribution in [0.3, 0.4) is 0 Å². The van der Waals surface area contributed by atoms with Gasteiger partial charge in [-0.05, 0) is 30.2 Å². The Balaban J connectivity index is 1.80. The number of nitro benzene ring substituents is 1. The molecule has 0 saturated carbocycles. The lowest BCUT2D eigenvalue weighted by atomic mass is 9.87. The molecule has 2 aromatic carbocycles. The number of carbonyl (C=O) groups is 3. The molecule has 1 heterocycles. The molecule has 162 valence electrons. The molecule has 0 bridgehead atoms. The minimum atomic E-state index is -1.36.